The van der Waals surface area contributed by atoms with E-state index in [0.717, 1.165) is 6.42 Å². The van der Waals surface area contributed by atoms with Crippen LogP contribution in [0.1, 0.15) is 26.7 Å². The zero-order valence-electron chi connectivity index (χ0n) is 11.1. The Morgan fingerprint density at radius 2 is 2.16 bits per heavy atom. The minimum Gasteiger partial charge on any atom is -0.396 e. The second-order valence-electron chi connectivity index (χ2n) is 5.11. The fraction of sp³-hybridized carbons (Fsp3) is 0.583. The van der Waals surface area contributed by atoms with E-state index >= 15 is 0 Å². The van der Waals surface area contributed by atoms with Crippen LogP contribution in [0.3, 0.4) is 0 Å². The van der Waals surface area contributed by atoms with Crippen LogP contribution in [0.25, 0.3) is 0 Å². The zero-order chi connectivity index (χ0) is 14.5. The highest BCUT2D eigenvalue weighted by Gasteiger charge is 2.23. The molecule has 108 valence electrons. The number of aliphatic hydroxyl groups is 1. The SMILES string of the molecule is CC(C)(CCCO)CNS(=O)(=O)c1cccnc1Cl. The molecule has 0 unspecified atom stereocenters. The maximum absolute atomic E-state index is 12.1. The first-order chi connectivity index (χ1) is 8.78. The molecule has 0 aliphatic rings. The van der Waals surface area contributed by atoms with Gasteiger partial charge in [0.1, 0.15) is 10.0 Å². The van der Waals surface area contributed by atoms with Crippen molar-refractivity contribution in [3.05, 3.63) is 23.5 Å². The van der Waals surface area contributed by atoms with Crippen LogP contribution >= 0.6 is 11.6 Å². The molecule has 0 atom stereocenters. The minimum atomic E-state index is -3.66. The van der Waals surface area contributed by atoms with Gasteiger partial charge in [0.25, 0.3) is 0 Å². The van der Waals surface area contributed by atoms with Crippen molar-refractivity contribution in [2.45, 2.75) is 31.6 Å². The third-order valence-electron chi connectivity index (χ3n) is 2.77. The molecule has 1 heterocycles. The van der Waals surface area contributed by atoms with Crippen LogP contribution in [0, 0.1) is 5.41 Å². The number of rotatable bonds is 7. The number of hydrogen-bond donors (Lipinski definition) is 2. The summed E-state index contributed by atoms with van der Waals surface area (Å²) in [5.41, 5.74) is -0.232. The highest BCUT2D eigenvalue weighted by Crippen LogP contribution is 2.23. The molecule has 0 aromatic carbocycles. The number of aliphatic hydroxyl groups excluding tert-OH is 1. The zero-order valence-corrected chi connectivity index (χ0v) is 12.6. The average Bonchev–Trinajstić information content (AvgIpc) is 2.35. The lowest BCUT2D eigenvalue weighted by Crippen LogP contribution is -2.34. The van der Waals surface area contributed by atoms with Gasteiger partial charge in [0.2, 0.25) is 10.0 Å². The van der Waals surface area contributed by atoms with E-state index in [0.29, 0.717) is 6.42 Å². The number of aromatic nitrogens is 1. The molecule has 0 aliphatic carbocycles. The van der Waals surface area contributed by atoms with Crippen molar-refractivity contribution in [1.29, 1.82) is 0 Å². The Balaban J connectivity index is 2.74. The van der Waals surface area contributed by atoms with Crippen LogP contribution in [-0.4, -0.2) is 31.7 Å². The number of hydrogen-bond acceptors (Lipinski definition) is 4. The first kappa shape index (κ1) is 16.4. The molecule has 0 spiro atoms. The van der Waals surface area contributed by atoms with E-state index in [4.69, 9.17) is 16.7 Å². The summed E-state index contributed by atoms with van der Waals surface area (Å²) in [6, 6.07) is 2.94. The van der Waals surface area contributed by atoms with Crippen molar-refractivity contribution >= 4 is 21.6 Å². The first-order valence-electron chi connectivity index (χ1n) is 5.99. The van der Waals surface area contributed by atoms with E-state index in [2.05, 4.69) is 9.71 Å². The van der Waals surface area contributed by atoms with Crippen molar-refractivity contribution in [2.24, 2.45) is 5.41 Å². The van der Waals surface area contributed by atoms with Crippen LogP contribution in [0.5, 0.6) is 0 Å². The number of halogens is 1. The highest BCUT2D eigenvalue weighted by atomic mass is 35.5. The maximum Gasteiger partial charge on any atom is 0.243 e. The van der Waals surface area contributed by atoms with Crippen LogP contribution in [0.2, 0.25) is 5.15 Å². The van der Waals surface area contributed by atoms with Crippen molar-refractivity contribution < 1.29 is 13.5 Å². The predicted octanol–water partition coefficient (Wildman–Crippen LogP) is 1.81. The Morgan fingerprint density at radius 3 is 2.74 bits per heavy atom. The largest absolute Gasteiger partial charge is 0.396 e. The van der Waals surface area contributed by atoms with Gasteiger partial charge in [-0.25, -0.2) is 18.1 Å². The molecule has 0 bridgehead atoms. The van der Waals surface area contributed by atoms with Gasteiger partial charge in [-0.1, -0.05) is 25.4 Å². The molecule has 0 saturated carbocycles. The minimum absolute atomic E-state index is 0.0189. The van der Waals surface area contributed by atoms with Gasteiger partial charge in [-0.3, -0.25) is 0 Å². The Bertz CT molecular complexity index is 517. The molecule has 0 radical (unpaired) electrons. The van der Waals surface area contributed by atoms with Gasteiger partial charge in [0, 0.05) is 19.3 Å². The summed E-state index contributed by atoms with van der Waals surface area (Å²) in [7, 11) is -3.66. The quantitative estimate of drug-likeness (QED) is 0.753. The van der Waals surface area contributed by atoms with Crippen LogP contribution < -0.4 is 4.72 Å². The second-order valence-corrected chi connectivity index (χ2v) is 7.20. The van der Waals surface area contributed by atoms with Gasteiger partial charge in [-0.05, 0) is 30.4 Å². The van der Waals surface area contributed by atoms with Gasteiger partial charge in [-0.2, -0.15) is 0 Å². The summed E-state index contributed by atoms with van der Waals surface area (Å²) >= 11 is 5.78. The van der Waals surface area contributed by atoms with Crippen LogP contribution in [0.4, 0.5) is 0 Å². The smallest absolute Gasteiger partial charge is 0.243 e. The third kappa shape index (κ3) is 5.06. The van der Waals surface area contributed by atoms with E-state index < -0.39 is 10.0 Å². The number of pyridine rings is 1. The molecule has 0 fully saturated rings. The van der Waals surface area contributed by atoms with Crippen LogP contribution in [0.15, 0.2) is 23.2 Å². The molecule has 5 nitrogen and oxygen atoms in total. The number of nitrogens with zero attached hydrogens (tertiary/aromatic N) is 1. The topological polar surface area (TPSA) is 79.3 Å². The molecular weight excluding hydrogens is 288 g/mol. The molecule has 1 rings (SSSR count). The Hall–Kier alpha value is -0.690. The van der Waals surface area contributed by atoms with Crippen molar-refractivity contribution in [3.63, 3.8) is 0 Å². The third-order valence-corrected chi connectivity index (χ3v) is 4.61. The van der Waals surface area contributed by atoms with Crippen molar-refractivity contribution in [2.75, 3.05) is 13.2 Å². The molecule has 0 amide bonds. The van der Waals surface area contributed by atoms with E-state index in [-0.39, 0.29) is 28.6 Å². The van der Waals surface area contributed by atoms with Crippen molar-refractivity contribution in [3.8, 4) is 0 Å². The molecule has 2 N–H and O–H groups in total. The Labute approximate surface area is 119 Å². The normalized spacial score (nSPS) is 12.6. The standard InChI is InChI=1S/C12H19ClN2O3S/c1-12(2,6-4-8-16)9-15-19(17,18)10-5-3-7-14-11(10)13/h3,5,7,15-16H,4,6,8-9H2,1-2H3. The van der Waals surface area contributed by atoms with Gasteiger partial charge in [0.05, 0.1) is 0 Å². The van der Waals surface area contributed by atoms with E-state index in [1.807, 2.05) is 13.8 Å². The lowest BCUT2D eigenvalue weighted by atomic mass is 9.88. The lowest BCUT2D eigenvalue weighted by molar-refractivity contribution is 0.242. The number of nitrogens with one attached hydrogen (secondary N) is 1. The fourth-order valence-corrected chi connectivity index (χ4v) is 3.28. The molecule has 1 aromatic heterocycles. The van der Waals surface area contributed by atoms with Gasteiger partial charge in [0.15, 0.2) is 0 Å². The molecule has 19 heavy (non-hydrogen) atoms. The maximum atomic E-state index is 12.1. The molecule has 7 heteroatoms. The van der Waals surface area contributed by atoms with E-state index in [9.17, 15) is 8.42 Å². The van der Waals surface area contributed by atoms with Crippen molar-refractivity contribution in [1.82, 2.24) is 9.71 Å². The lowest BCUT2D eigenvalue weighted by Gasteiger charge is -2.24. The second kappa shape index (κ2) is 6.65. The fourth-order valence-electron chi connectivity index (χ4n) is 1.59. The monoisotopic (exact) mass is 306 g/mol. The molecule has 1 aromatic rings. The summed E-state index contributed by atoms with van der Waals surface area (Å²) in [4.78, 5) is 3.73. The average molecular weight is 307 g/mol. The summed E-state index contributed by atoms with van der Waals surface area (Å²) < 4.78 is 26.7. The summed E-state index contributed by atoms with van der Waals surface area (Å²) in [6.07, 6.45) is 2.81. The molecular formula is C12H19ClN2O3S. The summed E-state index contributed by atoms with van der Waals surface area (Å²) in [6.45, 7) is 4.26. The van der Waals surface area contributed by atoms with Gasteiger partial charge in [-0.15, -0.1) is 0 Å². The van der Waals surface area contributed by atoms with E-state index in [1.54, 1.807) is 0 Å². The summed E-state index contributed by atoms with van der Waals surface area (Å²) in [5.74, 6) is 0. The van der Waals surface area contributed by atoms with Crippen LogP contribution in [-0.2, 0) is 10.0 Å². The number of sulfonamides is 1. The Morgan fingerprint density at radius 1 is 1.47 bits per heavy atom. The highest BCUT2D eigenvalue weighted by molar-refractivity contribution is 7.89. The van der Waals surface area contributed by atoms with Gasteiger partial charge >= 0.3 is 0 Å². The predicted molar refractivity (Wildman–Crippen MR) is 74.5 cm³/mol. The van der Waals surface area contributed by atoms with E-state index in [1.165, 1.54) is 18.3 Å². The molecule has 0 saturated heterocycles. The van der Waals surface area contributed by atoms with Gasteiger partial charge < -0.3 is 5.11 Å². The Kier molecular flexibility index (Phi) is 5.73. The first-order valence-corrected chi connectivity index (χ1v) is 7.86. The molecule has 0 aliphatic heterocycles. The summed E-state index contributed by atoms with van der Waals surface area (Å²) in [5, 5.41) is 8.77.